The highest BCUT2D eigenvalue weighted by molar-refractivity contribution is 14.1. The number of carbonyl (C=O) groups is 1. The van der Waals surface area contributed by atoms with Crippen LogP contribution in [0.5, 0.6) is 11.5 Å². The summed E-state index contributed by atoms with van der Waals surface area (Å²) in [7, 11) is 1.38. The lowest BCUT2D eigenvalue weighted by atomic mass is 9.79. The number of hydrogen-bond donors (Lipinski definition) is 1. The van der Waals surface area contributed by atoms with Gasteiger partial charge in [0.1, 0.15) is 11.5 Å². The Morgan fingerprint density at radius 1 is 0.667 bits per heavy atom. The molecule has 0 aromatic heterocycles. The molecule has 0 aliphatic rings. The minimum Gasteiger partial charge on any atom is -0.507 e. The van der Waals surface area contributed by atoms with Gasteiger partial charge in [0.25, 0.3) is 0 Å². The van der Waals surface area contributed by atoms with Gasteiger partial charge in [-0.05, 0) is 64.7 Å². The van der Waals surface area contributed by atoms with Gasteiger partial charge in [0, 0.05) is 32.0 Å². The number of benzene rings is 2. The summed E-state index contributed by atoms with van der Waals surface area (Å²) in [5, 5.41) is 11.2. The van der Waals surface area contributed by atoms with Crippen molar-refractivity contribution in [1.29, 1.82) is 0 Å². The van der Waals surface area contributed by atoms with E-state index in [4.69, 9.17) is 9.47 Å². The van der Waals surface area contributed by atoms with E-state index in [2.05, 4.69) is 144 Å². The van der Waals surface area contributed by atoms with E-state index in [1.54, 1.807) is 0 Å². The van der Waals surface area contributed by atoms with Crippen LogP contribution in [0.1, 0.15) is 119 Å². The van der Waals surface area contributed by atoms with Crippen LogP contribution in [-0.4, -0.2) is 33.8 Å². The lowest BCUT2D eigenvalue weighted by Crippen LogP contribution is -2.23. The highest BCUT2D eigenvalue weighted by atomic mass is 127. The van der Waals surface area contributed by atoms with Crippen LogP contribution in [0, 0.1) is 0 Å². The number of phenolic OH excluding ortho intramolecular Hbond substituents is 1. The molecule has 2 aromatic carbocycles. The first-order valence-corrected chi connectivity index (χ1v) is 18.2. The normalized spacial score (nSPS) is 12.9. The van der Waals surface area contributed by atoms with E-state index in [1.165, 1.54) is 7.11 Å². The molecule has 0 fully saturated rings. The lowest BCUT2D eigenvalue weighted by molar-refractivity contribution is -0.142. The van der Waals surface area contributed by atoms with Crippen molar-refractivity contribution in [1.82, 2.24) is 0 Å². The first kappa shape index (κ1) is 39.0. The van der Waals surface area contributed by atoms with Crippen LogP contribution >= 0.6 is 46.1 Å². The molecule has 2 aromatic rings. The molecule has 0 unspecified atom stereocenters. The fourth-order valence-electron chi connectivity index (χ4n) is 4.52. The van der Waals surface area contributed by atoms with E-state index < -0.39 is 5.97 Å². The first-order valence-electron chi connectivity index (χ1n) is 14.4. The van der Waals surface area contributed by atoms with Gasteiger partial charge in [-0.15, -0.1) is 23.5 Å². The number of ether oxygens (including phenoxy) is 2. The first-order chi connectivity index (χ1) is 18.9. The monoisotopic (exact) mass is 730 g/mol. The molecule has 0 amide bonds. The summed E-state index contributed by atoms with van der Waals surface area (Å²) in [5.74, 6) is 0.777. The lowest BCUT2D eigenvalue weighted by Gasteiger charge is -2.32. The maximum Gasteiger partial charge on any atom is 0.343 e. The van der Waals surface area contributed by atoms with Crippen LogP contribution < -0.4 is 4.74 Å². The molecule has 4 nitrogen and oxygen atoms in total. The molecule has 0 aliphatic carbocycles. The molecule has 238 valence electrons. The highest BCUT2D eigenvalue weighted by Gasteiger charge is 2.32. The zero-order valence-corrected chi connectivity index (χ0v) is 32.7. The molecule has 0 atom stereocenters. The van der Waals surface area contributed by atoms with Crippen molar-refractivity contribution >= 4 is 52.1 Å². The summed E-state index contributed by atoms with van der Waals surface area (Å²) < 4.78 is 10.8. The van der Waals surface area contributed by atoms with Crippen molar-refractivity contribution in [2.45, 2.75) is 132 Å². The van der Waals surface area contributed by atoms with Crippen molar-refractivity contribution in [3.8, 4) is 11.5 Å². The van der Waals surface area contributed by atoms with Gasteiger partial charge in [-0.25, -0.2) is 4.79 Å². The fraction of sp³-hybridized carbons (Fsp3) is 0.629. The van der Waals surface area contributed by atoms with Crippen molar-refractivity contribution in [3.05, 3.63) is 46.5 Å². The van der Waals surface area contributed by atoms with Crippen molar-refractivity contribution in [3.63, 3.8) is 0 Å². The van der Waals surface area contributed by atoms with Gasteiger partial charge in [0.15, 0.2) is 6.61 Å². The van der Waals surface area contributed by atoms with Crippen LogP contribution in [0.2, 0.25) is 0 Å². The van der Waals surface area contributed by atoms with Crippen LogP contribution in [0.4, 0.5) is 0 Å². The Bertz CT molecular complexity index is 1150. The zero-order valence-electron chi connectivity index (χ0n) is 28.9. The Labute approximate surface area is 279 Å². The number of aromatic hydroxyl groups is 1. The van der Waals surface area contributed by atoms with Crippen molar-refractivity contribution < 1.29 is 19.4 Å². The summed E-state index contributed by atoms with van der Waals surface area (Å²) in [6, 6.07) is 8.74. The Balaban J connectivity index is 0.00000431. The third kappa shape index (κ3) is 10.8. The fourth-order valence-corrected chi connectivity index (χ4v) is 7.11. The minimum absolute atomic E-state index is 0.121. The number of rotatable bonds is 7. The Hall–Kier alpha value is -1.06. The summed E-state index contributed by atoms with van der Waals surface area (Å²) in [5.41, 5.74) is 3.34. The Morgan fingerprint density at radius 3 is 1.26 bits per heavy atom. The molecule has 0 saturated carbocycles. The number of hydrogen-bond acceptors (Lipinski definition) is 6. The summed E-state index contributed by atoms with van der Waals surface area (Å²) in [6.45, 7) is 30.3. The van der Waals surface area contributed by atoms with Crippen molar-refractivity contribution in [2.24, 2.45) is 0 Å². The topological polar surface area (TPSA) is 55.8 Å². The third-order valence-electron chi connectivity index (χ3n) is 6.67. The standard InChI is InChI=1S/C34H52O4S2.CH3I/c1-30(2,3)23-16-21(17-24(28(23)36)31(4,5)6)39-34(13,14)40-22-18-25(32(7,8)9)29(38-20-27(35)37-15)26(19-22)33(10,11)12;1-2/h16-19,36H,20H2,1-15H3;1H3. The van der Waals surface area contributed by atoms with Gasteiger partial charge in [-0.2, -0.15) is 0 Å². The van der Waals surface area contributed by atoms with E-state index in [1.807, 2.05) is 28.5 Å². The zero-order chi connectivity index (χ0) is 33.1. The second-order valence-corrected chi connectivity index (χ2v) is 18.8. The van der Waals surface area contributed by atoms with Crippen LogP contribution in [0.3, 0.4) is 0 Å². The van der Waals surface area contributed by atoms with Gasteiger partial charge < -0.3 is 14.6 Å². The molecular weight excluding hydrogens is 675 g/mol. The number of methoxy groups -OCH3 is 1. The van der Waals surface area contributed by atoms with E-state index in [0.717, 1.165) is 37.8 Å². The molecule has 0 radical (unpaired) electrons. The molecular formula is C35H55IO4S2. The maximum atomic E-state index is 12.0. The number of phenols is 1. The Morgan fingerprint density at radius 2 is 0.976 bits per heavy atom. The predicted molar refractivity (Wildman–Crippen MR) is 193 cm³/mol. The van der Waals surface area contributed by atoms with E-state index in [0.29, 0.717) is 5.75 Å². The summed E-state index contributed by atoms with van der Waals surface area (Å²) in [6.07, 6.45) is 0. The Kier molecular flexibility index (Phi) is 13.3. The molecule has 0 heterocycles. The predicted octanol–water partition coefficient (Wildman–Crippen LogP) is 10.8. The van der Waals surface area contributed by atoms with Gasteiger partial charge >= 0.3 is 5.97 Å². The molecule has 0 spiro atoms. The summed E-state index contributed by atoms with van der Waals surface area (Å²) in [4.78, 5) is 16.2. The quantitative estimate of drug-likeness (QED) is 0.101. The average Bonchev–Trinajstić information content (AvgIpc) is 2.81. The molecule has 42 heavy (non-hydrogen) atoms. The van der Waals surface area contributed by atoms with E-state index in [9.17, 15) is 9.90 Å². The largest absolute Gasteiger partial charge is 0.507 e. The van der Waals surface area contributed by atoms with E-state index in [-0.39, 0.29) is 32.3 Å². The molecule has 1 N–H and O–H groups in total. The van der Waals surface area contributed by atoms with Gasteiger partial charge in [-0.1, -0.05) is 106 Å². The third-order valence-corrected chi connectivity index (χ3v) is 9.09. The van der Waals surface area contributed by atoms with Crippen molar-refractivity contribution in [2.75, 3.05) is 18.6 Å². The van der Waals surface area contributed by atoms with Gasteiger partial charge in [0.05, 0.1) is 11.2 Å². The minimum atomic E-state index is -0.395. The second kappa shape index (κ2) is 14.4. The average molecular weight is 731 g/mol. The second-order valence-electron chi connectivity index (χ2n) is 15.2. The number of alkyl halides is 1. The van der Waals surface area contributed by atoms with Gasteiger partial charge in [0.2, 0.25) is 0 Å². The number of halogens is 1. The van der Waals surface area contributed by atoms with Crippen LogP contribution in [0.15, 0.2) is 34.1 Å². The smallest absolute Gasteiger partial charge is 0.343 e. The molecule has 0 aliphatic heterocycles. The molecule has 2 rings (SSSR count). The number of thioether (sulfide) groups is 2. The summed E-state index contributed by atoms with van der Waals surface area (Å²) >= 11 is 5.79. The number of carbonyl (C=O) groups excluding carboxylic acids is 1. The van der Waals surface area contributed by atoms with Crippen LogP contribution in [0.25, 0.3) is 0 Å². The molecule has 7 heteroatoms. The maximum absolute atomic E-state index is 12.0. The molecule has 0 saturated heterocycles. The van der Waals surface area contributed by atoms with Crippen LogP contribution in [-0.2, 0) is 31.2 Å². The van der Waals surface area contributed by atoms with Gasteiger partial charge in [-0.3, -0.25) is 0 Å². The van der Waals surface area contributed by atoms with E-state index >= 15 is 0 Å². The number of esters is 1. The molecule has 0 bridgehead atoms. The SMILES string of the molecule is CI.COC(=O)COc1c(C(C)(C)C)cc(SC(C)(C)Sc2cc(C(C)(C)C)c(O)c(C(C)(C)C)c2)cc1C(C)(C)C. The highest BCUT2D eigenvalue weighted by Crippen LogP contribution is 2.51.